The molecule has 0 radical (unpaired) electrons. The molecule has 0 amide bonds. The molecule has 0 saturated carbocycles. The first-order valence-electron chi connectivity index (χ1n) is 6.71. The van der Waals surface area contributed by atoms with Crippen LogP contribution in [0.15, 0.2) is 41.6 Å². The molecule has 5 nitrogen and oxygen atoms in total. The number of anilines is 1. The number of aryl methyl sites for hydroxylation is 1. The molecule has 2 aromatic rings. The number of sulfonamides is 1. The van der Waals surface area contributed by atoms with Crippen LogP contribution in [-0.4, -0.2) is 25.3 Å². The van der Waals surface area contributed by atoms with Crippen LogP contribution in [0.25, 0.3) is 0 Å². The maximum absolute atomic E-state index is 12.5. The molecule has 0 unspecified atom stereocenters. The highest BCUT2D eigenvalue weighted by Crippen LogP contribution is 2.29. The minimum atomic E-state index is -3.66. The third-order valence-electron chi connectivity index (χ3n) is 3.60. The topological polar surface area (TPSA) is 62.3 Å². The average Bonchev–Trinajstić information content (AvgIpc) is 2.80. The standard InChI is InChI=1S/C15H17N3O2S/c1-11-5-4-8-16-15(11)21(19,20)17-14-7-3-6-12-9-18(2)10-13(12)14/h3-8,17H,9-10H2,1-2H3. The first kappa shape index (κ1) is 14.0. The van der Waals surface area contributed by atoms with Gasteiger partial charge in [-0.25, -0.2) is 4.98 Å². The number of hydrogen-bond acceptors (Lipinski definition) is 4. The predicted octanol–water partition coefficient (Wildman–Crippen LogP) is 2.14. The Kier molecular flexibility index (Phi) is 3.43. The van der Waals surface area contributed by atoms with E-state index in [1.165, 1.54) is 6.20 Å². The summed E-state index contributed by atoms with van der Waals surface area (Å²) in [5.74, 6) is 0. The Bertz CT molecular complexity index is 787. The molecule has 0 fully saturated rings. The van der Waals surface area contributed by atoms with Crippen LogP contribution in [0.2, 0.25) is 0 Å². The van der Waals surface area contributed by atoms with Crippen LogP contribution in [0.4, 0.5) is 5.69 Å². The molecule has 2 heterocycles. The number of aromatic nitrogens is 1. The maximum atomic E-state index is 12.5. The molecule has 3 rings (SSSR count). The van der Waals surface area contributed by atoms with Crippen molar-refractivity contribution in [3.8, 4) is 0 Å². The number of nitrogens with zero attached hydrogens (tertiary/aromatic N) is 2. The average molecular weight is 303 g/mol. The molecule has 110 valence electrons. The van der Waals surface area contributed by atoms with Gasteiger partial charge in [0.2, 0.25) is 0 Å². The molecule has 1 aliphatic rings. The Hall–Kier alpha value is -1.92. The van der Waals surface area contributed by atoms with Gasteiger partial charge >= 0.3 is 0 Å². The van der Waals surface area contributed by atoms with E-state index in [-0.39, 0.29) is 5.03 Å². The second-order valence-corrected chi connectivity index (χ2v) is 6.94. The Morgan fingerprint density at radius 1 is 1.19 bits per heavy atom. The van der Waals surface area contributed by atoms with Gasteiger partial charge in [-0.05, 0) is 42.8 Å². The highest BCUT2D eigenvalue weighted by Gasteiger charge is 2.23. The summed E-state index contributed by atoms with van der Waals surface area (Å²) in [4.78, 5) is 6.14. The van der Waals surface area contributed by atoms with Gasteiger partial charge in [-0.3, -0.25) is 9.62 Å². The van der Waals surface area contributed by atoms with Gasteiger partial charge in [0.25, 0.3) is 10.0 Å². The Morgan fingerprint density at radius 2 is 2.00 bits per heavy atom. The first-order valence-corrected chi connectivity index (χ1v) is 8.19. The summed E-state index contributed by atoms with van der Waals surface area (Å²) < 4.78 is 27.7. The molecule has 0 atom stereocenters. The van der Waals surface area contributed by atoms with Crippen molar-refractivity contribution >= 4 is 15.7 Å². The molecular weight excluding hydrogens is 286 g/mol. The van der Waals surface area contributed by atoms with Crippen molar-refractivity contribution in [1.82, 2.24) is 9.88 Å². The molecule has 0 aliphatic carbocycles. The van der Waals surface area contributed by atoms with Crippen LogP contribution < -0.4 is 4.72 Å². The fraction of sp³-hybridized carbons (Fsp3) is 0.267. The summed E-state index contributed by atoms with van der Waals surface area (Å²) in [5.41, 5.74) is 3.48. The molecule has 1 aliphatic heterocycles. The zero-order chi connectivity index (χ0) is 15.0. The number of pyridine rings is 1. The van der Waals surface area contributed by atoms with E-state index in [0.29, 0.717) is 11.3 Å². The van der Waals surface area contributed by atoms with E-state index in [0.717, 1.165) is 24.2 Å². The van der Waals surface area contributed by atoms with E-state index in [2.05, 4.69) is 14.6 Å². The zero-order valence-corrected chi connectivity index (χ0v) is 12.8. The van der Waals surface area contributed by atoms with Crippen molar-refractivity contribution in [2.24, 2.45) is 0 Å². The van der Waals surface area contributed by atoms with Gasteiger partial charge in [-0.2, -0.15) is 8.42 Å². The lowest BCUT2D eigenvalue weighted by Gasteiger charge is -2.12. The molecule has 6 heteroatoms. The number of fused-ring (bicyclic) bond motifs is 1. The van der Waals surface area contributed by atoms with Crippen LogP contribution >= 0.6 is 0 Å². The molecule has 0 saturated heterocycles. The monoisotopic (exact) mass is 303 g/mol. The second-order valence-electron chi connectivity index (χ2n) is 5.35. The van der Waals surface area contributed by atoms with Gasteiger partial charge in [0.15, 0.2) is 5.03 Å². The van der Waals surface area contributed by atoms with Gasteiger partial charge in [0.05, 0.1) is 5.69 Å². The number of benzene rings is 1. The van der Waals surface area contributed by atoms with Gasteiger partial charge in [-0.1, -0.05) is 18.2 Å². The summed E-state index contributed by atoms with van der Waals surface area (Å²) >= 11 is 0. The molecule has 0 bridgehead atoms. The van der Waals surface area contributed by atoms with Gasteiger partial charge in [0.1, 0.15) is 0 Å². The van der Waals surface area contributed by atoms with Crippen molar-refractivity contribution in [1.29, 1.82) is 0 Å². The Labute approximate surface area is 124 Å². The highest BCUT2D eigenvalue weighted by molar-refractivity contribution is 7.92. The van der Waals surface area contributed by atoms with Gasteiger partial charge in [0, 0.05) is 19.3 Å². The van der Waals surface area contributed by atoms with Crippen LogP contribution in [0.3, 0.4) is 0 Å². The fourth-order valence-electron chi connectivity index (χ4n) is 2.63. The fourth-order valence-corrected chi connectivity index (χ4v) is 3.90. The summed E-state index contributed by atoms with van der Waals surface area (Å²) in [6, 6.07) is 9.17. The van der Waals surface area contributed by atoms with Crippen LogP contribution in [0.5, 0.6) is 0 Å². The largest absolute Gasteiger partial charge is 0.298 e. The van der Waals surface area contributed by atoms with E-state index >= 15 is 0 Å². The lowest BCUT2D eigenvalue weighted by Crippen LogP contribution is -2.17. The third-order valence-corrected chi connectivity index (χ3v) is 5.03. The van der Waals surface area contributed by atoms with Gasteiger partial charge in [-0.15, -0.1) is 0 Å². The van der Waals surface area contributed by atoms with Crippen LogP contribution in [-0.2, 0) is 23.1 Å². The smallest absolute Gasteiger partial charge is 0.279 e. The van der Waals surface area contributed by atoms with E-state index in [1.807, 2.05) is 19.2 Å². The number of rotatable bonds is 3. The van der Waals surface area contributed by atoms with Crippen molar-refractivity contribution in [2.75, 3.05) is 11.8 Å². The quantitative estimate of drug-likeness (QED) is 0.943. The molecule has 1 aromatic heterocycles. The van der Waals surface area contributed by atoms with Crippen LogP contribution in [0, 0.1) is 6.92 Å². The third kappa shape index (κ3) is 2.64. The molecule has 0 spiro atoms. The molecule has 1 aromatic carbocycles. The predicted molar refractivity (Wildman–Crippen MR) is 81.4 cm³/mol. The van der Waals surface area contributed by atoms with Crippen LogP contribution in [0.1, 0.15) is 16.7 Å². The highest BCUT2D eigenvalue weighted by atomic mass is 32.2. The molecule has 1 N–H and O–H groups in total. The number of hydrogen-bond donors (Lipinski definition) is 1. The second kappa shape index (κ2) is 5.13. The summed E-state index contributed by atoms with van der Waals surface area (Å²) in [5, 5.41) is 0.0777. The first-order chi connectivity index (χ1) is 9.97. The molecule has 21 heavy (non-hydrogen) atoms. The summed E-state index contributed by atoms with van der Waals surface area (Å²) in [7, 11) is -1.65. The minimum Gasteiger partial charge on any atom is -0.298 e. The van der Waals surface area contributed by atoms with E-state index in [9.17, 15) is 8.42 Å². The lowest BCUT2D eigenvalue weighted by molar-refractivity contribution is 0.353. The van der Waals surface area contributed by atoms with Crippen molar-refractivity contribution in [2.45, 2.75) is 25.0 Å². The molecular formula is C15H17N3O2S. The number of nitrogens with one attached hydrogen (secondary N) is 1. The van der Waals surface area contributed by atoms with E-state index in [4.69, 9.17) is 0 Å². The Morgan fingerprint density at radius 3 is 2.76 bits per heavy atom. The minimum absolute atomic E-state index is 0.0777. The summed E-state index contributed by atoms with van der Waals surface area (Å²) in [6.07, 6.45) is 1.49. The Balaban J connectivity index is 1.98. The van der Waals surface area contributed by atoms with Crippen molar-refractivity contribution in [3.05, 3.63) is 53.2 Å². The van der Waals surface area contributed by atoms with E-state index < -0.39 is 10.0 Å². The normalized spacial score (nSPS) is 15.0. The maximum Gasteiger partial charge on any atom is 0.279 e. The summed E-state index contributed by atoms with van der Waals surface area (Å²) in [6.45, 7) is 3.33. The van der Waals surface area contributed by atoms with Gasteiger partial charge < -0.3 is 0 Å². The lowest BCUT2D eigenvalue weighted by atomic mass is 10.1. The van der Waals surface area contributed by atoms with Crippen molar-refractivity contribution < 1.29 is 8.42 Å². The van der Waals surface area contributed by atoms with Crippen molar-refractivity contribution in [3.63, 3.8) is 0 Å². The SMILES string of the molecule is Cc1cccnc1S(=O)(=O)Nc1cccc2c1CN(C)C2. The van der Waals surface area contributed by atoms with E-state index in [1.54, 1.807) is 25.1 Å². The zero-order valence-electron chi connectivity index (χ0n) is 12.0.